The van der Waals surface area contributed by atoms with E-state index < -0.39 is 11.9 Å². The normalized spacial score (nSPS) is 11.9. The molecule has 1 aromatic rings. The second kappa shape index (κ2) is 7.45. The molecule has 0 aliphatic rings. The van der Waals surface area contributed by atoms with Crippen LogP contribution in [0.25, 0.3) is 0 Å². The maximum Gasteiger partial charge on any atom is 0.317 e. The lowest BCUT2D eigenvalue weighted by molar-refractivity contribution is -0.141. The molecular weight excluding hydrogens is 248 g/mol. The molecule has 0 aromatic carbocycles. The third-order valence-corrected chi connectivity index (χ3v) is 2.81. The van der Waals surface area contributed by atoms with Crippen molar-refractivity contribution in [2.75, 3.05) is 19.6 Å². The second-order valence-electron chi connectivity index (χ2n) is 4.34. The molecule has 2 amide bonds. The molecule has 1 rings (SSSR count). The summed E-state index contributed by atoms with van der Waals surface area (Å²) in [4.78, 5) is 24.1. The van der Waals surface area contributed by atoms with Crippen LogP contribution in [0.1, 0.15) is 19.6 Å². The van der Waals surface area contributed by atoms with E-state index in [4.69, 9.17) is 9.52 Å². The van der Waals surface area contributed by atoms with Crippen molar-refractivity contribution in [3.63, 3.8) is 0 Å². The van der Waals surface area contributed by atoms with E-state index in [1.165, 1.54) is 4.90 Å². The Morgan fingerprint density at radius 2 is 2.26 bits per heavy atom. The Morgan fingerprint density at radius 1 is 1.53 bits per heavy atom. The number of urea groups is 1. The largest absolute Gasteiger partial charge is 0.481 e. The molecule has 0 saturated carbocycles. The van der Waals surface area contributed by atoms with Crippen molar-refractivity contribution in [3.8, 4) is 0 Å². The maximum atomic E-state index is 11.9. The van der Waals surface area contributed by atoms with Gasteiger partial charge in [0.25, 0.3) is 0 Å². The molecule has 0 aliphatic heterocycles. The van der Waals surface area contributed by atoms with Crippen LogP contribution in [0.5, 0.6) is 0 Å². The lowest BCUT2D eigenvalue weighted by Crippen LogP contribution is -2.43. The molecule has 0 aliphatic carbocycles. The fraction of sp³-hybridized carbons (Fsp3) is 0.538. The van der Waals surface area contributed by atoms with Gasteiger partial charge in [-0.15, -0.1) is 0 Å². The van der Waals surface area contributed by atoms with Crippen molar-refractivity contribution in [2.24, 2.45) is 5.92 Å². The quantitative estimate of drug-likeness (QED) is 0.786. The van der Waals surface area contributed by atoms with E-state index >= 15 is 0 Å². The number of carboxylic acids is 1. The standard InChI is InChI=1S/C13H20N2O4/c1-3-15(9-10(2)12(16)17)13(18)14-7-6-11-5-4-8-19-11/h4-5,8,10H,3,6-7,9H2,1-2H3,(H,14,18)(H,16,17). The highest BCUT2D eigenvalue weighted by Crippen LogP contribution is 2.02. The predicted molar refractivity (Wildman–Crippen MR) is 69.9 cm³/mol. The van der Waals surface area contributed by atoms with E-state index in [9.17, 15) is 9.59 Å². The van der Waals surface area contributed by atoms with E-state index in [0.29, 0.717) is 19.5 Å². The zero-order valence-electron chi connectivity index (χ0n) is 11.3. The van der Waals surface area contributed by atoms with E-state index in [1.807, 2.05) is 13.0 Å². The Morgan fingerprint density at radius 3 is 2.79 bits per heavy atom. The molecule has 6 nitrogen and oxygen atoms in total. The highest BCUT2D eigenvalue weighted by Gasteiger charge is 2.18. The molecule has 0 saturated heterocycles. The van der Waals surface area contributed by atoms with Crippen molar-refractivity contribution >= 4 is 12.0 Å². The average molecular weight is 268 g/mol. The Hall–Kier alpha value is -1.98. The maximum absolute atomic E-state index is 11.9. The molecular formula is C13H20N2O4. The topological polar surface area (TPSA) is 82.8 Å². The molecule has 0 radical (unpaired) electrons. The molecule has 0 spiro atoms. The zero-order chi connectivity index (χ0) is 14.3. The molecule has 1 heterocycles. The SMILES string of the molecule is CCN(CC(C)C(=O)O)C(=O)NCCc1ccco1. The Labute approximate surface area is 112 Å². The molecule has 1 aromatic heterocycles. The monoisotopic (exact) mass is 268 g/mol. The second-order valence-corrected chi connectivity index (χ2v) is 4.34. The summed E-state index contributed by atoms with van der Waals surface area (Å²) in [6.45, 7) is 4.55. The van der Waals surface area contributed by atoms with Gasteiger partial charge in [0, 0.05) is 26.1 Å². The number of rotatable bonds is 7. The number of carbonyl (C=O) groups excluding carboxylic acids is 1. The first kappa shape index (κ1) is 15.1. The lowest BCUT2D eigenvalue weighted by Gasteiger charge is -2.23. The number of furan rings is 1. The van der Waals surface area contributed by atoms with Gasteiger partial charge in [-0.05, 0) is 19.1 Å². The summed E-state index contributed by atoms with van der Waals surface area (Å²) in [5.74, 6) is -0.667. The van der Waals surface area contributed by atoms with Crippen molar-refractivity contribution in [1.82, 2.24) is 10.2 Å². The zero-order valence-corrected chi connectivity index (χ0v) is 11.3. The van der Waals surface area contributed by atoms with Crippen LogP contribution in [-0.2, 0) is 11.2 Å². The molecule has 106 valence electrons. The fourth-order valence-electron chi connectivity index (χ4n) is 1.62. The van der Waals surface area contributed by atoms with Gasteiger partial charge >= 0.3 is 12.0 Å². The van der Waals surface area contributed by atoms with Gasteiger partial charge in [0.2, 0.25) is 0 Å². The molecule has 2 N–H and O–H groups in total. The number of hydrogen-bond donors (Lipinski definition) is 2. The van der Waals surface area contributed by atoms with Crippen LogP contribution in [0.2, 0.25) is 0 Å². The smallest absolute Gasteiger partial charge is 0.317 e. The van der Waals surface area contributed by atoms with Crippen LogP contribution in [0, 0.1) is 5.92 Å². The number of nitrogens with zero attached hydrogens (tertiary/aromatic N) is 1. The first-order valence-electron chi connectivity index (χ1n) is 6.32. The summed E-state index contributed by atoms with van der Waals surface area (Å²) in [5, 5.41) is 11.6. The number of hydrogen-bond acceptors (Lipinski definition) is 3. The Bertz CT molecular complexity index is 403. The van der Waals surface area contributed by atoms with Crippen LogP contribution in [0.3, 0.4) is 0 Å². The highest BCUT2D eigenvalue weighted by molar-refractivity contribution is 5.75. The van der Waals surface area contributed by atoms with Gasteiger partial charge in [-0.2, -0.15) is 0 Å². The van der Waals surface area contributed by atoms with Gasteiger partial charge in [-0.3, -0.25) is 4.79 Å². The van der Waals surface area contributed by atoms with Gasteiger partial charge in [-0.1, -0.05) is 6.92 Å². The first-order chi connectivity index (χ1) is 9.04. The first-order valence-corrected chi connectivity index (χ1v) is 6.32. The molecule has 1 atom stereocenters. The summed E-state index contributed by atoms with van der Waals surface area (Å²) in [6, 6.07) is 3.39. The van der Waals surface area contributed by atoms with Gasteiger partial charge in [-0.25, -0.2) is 4.79 Å². The molecule has 6 heteroatoms. The number of carboxylic acid groups (broad SMARTS) is 1. The minimum Gasteiger partial charge on any atom is -0.481 e. The van der Waals surface area contributed by atoms with Gasteiger partial charge in [0.1, 0.15) is 5.76 Å². The third-order valence-electron chi connectivity index (χ3n) is 2.81. The molecule has 19 heavy (non-hydrogen) atoms. The van der Waals surface area contributed by atoms with Crippen molar-refractivity contribution in [2.45, 2.75) is 20.3 Å². The van der Waals surface area contributed by atoms with Gasteiger partial charge < -0.3 is 19.7 Å². The lowest BCUT2D eigenvalue weighted by atomic mass is 10.2. The minimum atomic E-state index is -0.901. The third kappa shape index (κ3) is 5.03. The van der Waals surface area contributed by atoms with Crippen LogP contribution in [0.15, 0.2) is 22.8 Å². The number of carbonyl (C=O) groups is 2. The van der Waals surface area contributed by atoms with Crippen molar-refractivity contribution in [1.29, 1.82) is 0 Å². The Kier molecular flexibility index (Phi) is 5.92. The predicted octanol–water partition coefficient (Wildman–Crippen LogP) is 1.57. The molecule has 1 unspecified atom stereocenters. The van der Waals surface area contributed by atoms with Crippen LogP contribution in [0.4, 0.5) is 4.79 Å². The summed E-state index contributed by atoms with van der Waals surface area (Å²) < 4.78 is 5.16. The number of nitrogens with one attached hydrogen (secondary N) is 1. The highest BCUT2D eigenvalue weighted by atomic mass is 16.4. The van der Waals surface area contributed by atoms with Crippen LogP contribution >= 0.6 is 0 Å². The Balaban J connectivity index is 2.34. The van der Waals surface area contributed by atoms with E-state index in [-0.39, 0.29) is 12.6 Å². The van der Waals surface area contributed by atoms with Crippen molar-refractivity contribution in [3.05, 3.63) is 24.2 Å². The van der Waals surface area contributed by atoms with Gasteiger partial charge in [0.15, 0.2) is 0 Å². The van der Waals surface area contributed by atoms with E-state index in [1.54, 1.807) is 19.3 Å². The number of aliphatic carboxylic acids is 1. The summed E-state index contributed by atoms with van der Waals surface area (Å²) in [5.41, 5.74) is 0. The summed E-state index contributed by atoms with van der Waals surface area (Å²) in [6.07, 6.45) is 2.20. The summed E-state index contributed by atoms with van der Waals surface area (Å²) in [7, 11) is 0. The van der Waals surface area contributed by atoms with E-state index in [2.05, 4.69) is 5.32 Å². The minimum absolute atomic E-state index is 0.207. The van der Waals surface area contributed by atoms with E-state index in [0.717, 1.165) is 5.76 Å². The fourth-order valence-corrected chi connectivity index (χ4v) is 1.62. The van der Waals surface area contributed by atoms with Crippen molar-refractivity contribution < 1.29 is 19.1 Å². The average Bonchev–Trinajstić information content (AvgIpc) is 2.88. The van der Waals surface area contributed by atoms with Crippen LogP contribution < -0.4 is 5.32 Å². The summed E-state index contributed by atoms with van der Waals surface area (Å²) >= 11 is 0. The van der Waals surface area contributed by atoms with Gasteiger partial charge in [0.05, 0.1) is 12.2 Å². The molecule has 0 fully saturated rings. The molecule has 0 bridgehead atoms. The number of amides is 2. The van der Waals surface area contributed by atoms with Crippen LogP contribution in [-0.4, -0.2) is 41.6 Å².